The van der Waals surface area contributed by atoms with Gasteiger partial charge in [-0.2, -0.15) is 0 Å². The van der Waals surface area contributed by atoms with Gasteiger partial charge < -0.3 is 25.0 Å². The van der Waals surface area contributed by atoms with Crippen molar-refractivity contribution in [2.75, 3.05) is 7.05 Å². The van der Waals surface area contributed by atoms with Crippen molar-refractivity contribution < 1.29 is 24.5 Å². The van der Waals surface area contributed by atoms with Crippen LogP contribution in [0, 0.1) is 51.2 Å². The molecular formula is C32H53NO5. The average molecular weight is 532 g/mol. The number of aliphatic hydroxyl groups is 2. The predicted octanol–water partition coefficient (Wildman–Crippen LogP) is 4.70. The van der Waals surface area contributed by atoms with Gasteiger partial charge in [-0.3, -0.25) is 4.79 Å². The van der Waals surface area contributed by atoms with Crippen LogP contribution in [0.15, 0.2) is 0 Å². The van der Waals surface area contributed by atoms with Crippen LogP contribution in [0.1, 0.15) is 99.8 Å². The molecule has 0 amide bonds. The third kappa shape index (κ3) is 3.42. The molecule has 5 aliphatic carbocycles. The summed E-state index contributed by atoms with van der Waals surface area (Å²) in [6.07, 6.45) is 7.73. The van der Waals surface area contributed by atoms with E-state index in [0.717, 1.165) is 12.3 Å². The Labute approximate surface area is 230 Å². The number of nitrogens with one attached hydrogen (secondary N) is 1. The summed E-state index contributed by atoms with van der Waals surface area (Å²) >= 11 is 0. The first-order valence-electron chi connectivity index (χ1n) is 15.5. The molecule has 38 heavy (non-hydrogen) atoms. The second-order valence-corrected chi connectivity index (χ2v) is 16.0. The summed E-state index contributed by atoms with van der Waals surface area (Å²) in [4.78, 5) is 11.9. The van der Waals surface area contributed by atoms with Crippen molar-refractivity contribution in [2.45, 2.75) is 136 Å². The van der Waals surface area contributed by atoms with Crippen LogP contribution in [-0.2, 0) is 14.3 Å². The molecule has 6 aliphatic rings. The Kier molecular flexibility index (Phi) is 6.09. The molecule has 0 radical (unpaired) electrons. The fourth-order valence-electron chi connectivity index (χ4n) is 12.4. The molecule has 0 bridgehead atoms. The molecule has 6 fully saturated rings. The van der Waals surface area contributed by atoms with Crippen molar-refractivity contribution in [2.24, 2.45) is 51.2 Å². The largest absolute Gasteiger partial charge is 0.457 e. The van der Waals surface area contributed by atoms with Crippen LogP contribution in [0.3, 0.4) is 0 Å². The smallest absolute Gasteiger partial charge is 0.303 e. The van der Waals surface area contributed by atoms with E-state index >= 15 is 0 Å². The number of rotatable bonds is 4. The lowest BCUT2D eigenvalue weighted by molar-refractivity contribution is -0.215. The van der Waals surface area contributed by atoms with Crippen molar-refractivity contribution in [1.82, 2.24) is 5.32 Å². The molecule has 2 spiro atoms. The van der Waals surface area contributed by atoms with Gasteiger partial charge in [-0.15, -0.1) is 0 Å². The molecule has 3 unspecified atom stereocenters. The highest BCUT2D eigenvalue weighted by Gasteiger charge is 2.81. The zero-order chi connectivity index (χ0) is 27.6. The van der Waals surface area contributed by atoms with E-state index < -0.39 is 29.9 Å². The number of aliphatic hydroxyl groups excluding tert-OH is 1. The van der Waals surface area contributed by atoms with E-state index in [1.165, 1.54) is 51.9 Å². The van der Waals surface area contributed by atoms with Crippen LogP contribution in [0.5, 0.6) is 0 Å². The summed E-state index contributed by atoms with van der Waals surface area (Å²) < 4.78 is 12.4. The Morgan fingerprint density at radius 2 is 1.79 bits per heavy atom. The summed E-state index contributed by atoms with van der Waals surface area (Å²) in [6.45, 7) is 14.5. The van der Waals surface area contributed by atoms with E-state index in [9.17, 15) is 15.0 Å². The maximum atomic E-state index is 12.1. The number of fused-ring (bicyclic) bond motifs is 4. The highest BCUT2D eigenvalue weighted by atomic mass is 16.6. The fraction of sp³-hybridized carbons (Fsp3) is 0.969. The molecule has 1 heterocycles. The molecule has 13 atom stereocenters. The van der Waals surface area contributed by atoms with E-state index in [2.05, 4.69) is 40.1 Å². The van der Waals surface area contributed by atoms with Crippen LogP contribution in [0.4, 0.5) is 0 Å². The molecule has 6 rings (SSSR count). The fourth-order valence-corrected chi connectivity index (χ4v) is 12.4. The molecule has 1 aliphatic heterocycles. The molecule has 1 saturated heterocycles. The molecule has 6 heteroatoms. The third-order valence-corrected chi connectivity index (χ3v) is 13.7. The molecule has 0 aromatic heterocycles. The van der Waals surface area contributed by atoms with Gasteiger partial charge >= 0.3 is 5.97 Å². The van der Waals surface area contributed by atoms with Gasteiger partial charge in [-0.25, -0.2) is 0 Å². The van der Waals surface area contributed by atoms with Gasteiger partial charge in [-0.05, 0) is 124 Å². The highest BCUT2D eigenvalue weighted by Crippen LogP contribution is 2.87. The van der Waals surface area contributed by atoms with Crippen molar-refractivity contribution >= 4 is 5.97 Å². The molecular weight excluding hydrogens is 478 g/mol. The zero-order valence-electron chi connectivity index (χ0n) is 25.0. The van der Waals surface area contributed by atoms with Crippen molar-refractivity contribution in [3.8, 4) is 0 Å². The minimum Gasteiger partial charge on any atom is -0.457 e. The number of ether oxygens (including phenoxy) is 2. The van der Waals surface area contributed by atoms with Gasteiger partial charge in [0.25, 0.3) is 0 Å². The molecule has 3 N–H and O–H groups in total. The van der Waals surface area contributed by atoms with Crippen LogP contribution in [0.25, 0.3) is 0 Å². The van der Waals surface area contributed by atoms with Crippen LogP contribution < -0.4 is 5.32 Å². The Morgan fingerprint density at radius 1 is 1.08 bits per heavy atom. The Morgan fingerprint density at radius 3 is 2.42 bits per heavy atom. The van der Waals surface area contributed by atoms with Crippen molar-refractivity contribution in [3.05, 3.63) is 0 Å². The number of hydrogen-bond acceptors (Lipinski definition) is 6. The topological polar surface area (TPSA) is 88.0 Å². The predicted molar refractivity (Wildman–Crippen MR) is 146 cm³/mol. The van der Waals surface area contributed by atoms with E-state index in [1.807, 2.05) is 0 Å². The molecule has 6 nitrogen and oxygen atoms in total. The number of esters is 1. The van der Waals surface area contributed by atoms with Crippen LogP contribution >= 0.6 is 0 Å². The normalized spacial score (nSPS) is 53.5. The number of carbonyl (C=O) groups is 1. The standard InChI is InChI=1S/C32H53NO5/c1-17-15-20(27(29(5,6)36)37-18(2)34)38-26-23(17)30(7)13-14-31-16-32(31)12-11-22(33-8)28(3,4)21(32)10-9-19(31)24(30)25(26)35/h17,19-27,33,35-36H,9-16H2,1-8H3/t17-,19+,20-,21+,22+,23?,24?,25-,26?,27+,30-,31+,32-/m1/s1. The van der Waals surface area contributed by atoms with Crippen molar-refractivity contribution in [3.63, 3.8) is 0 Å². The maximum absolute atomic E-state index is 12.1. The Bertz CT molecular complexity index is 975. The monoisotopic (exact) mass is 531 g/mol. The lowest BCUT2D eigenvalue weighted by Crippen LogP contribution is -2.57. The number of hydrogen-bond donors (Lipinski definition) is 3. The summed E-state index contributed by atoms with van der Waals surface area (Å²) in [5.41, 5.74) is -0.00799. The van der Waals surface area contributed by atoms with Crippen LogP contribution in [0.2, 0.25) is 0 Å². The SMILES string of the molecule is CN[C@H]1CC[C@]23C[C@]24CC[C@]2(C)C5C(O[C@@H]([C@H](OC(C)=O)C(C)(C)O)C[C@H]5C)[C@H](O)C2[C@@H]4CC[C@H]3C1(C)C. The summed E-state index contributed by atoms with van der Waals surface area (Å²) in [7, 11) is 2.14. The lowest BCUT2D eigenvalue weighted by Gasteiger charge is -2.60. The molecule has 216 valence electrons. The van der Waals surface area contributed by atoms with Gasteiger partial charge in [0, 0.05) is 13.0 Å². The maximum Gasteiger partial charge on any atom is 0.303 e. The summed E-state index contributed by atoms with van der Waals surface area (Å²) in [5, 5.41) is 26.7. The second kappa shape index (κ2) is 8.42. The zero-order valence-corrected chi connectivity index (χ0v) is 25.0. The highest BCUT2D eigenvalue weighted by molar-refractivity contribution is 5.66. The van der Waals surface area contributed by atoms with E-state index in [-0.39, 0.29) is 17.4 Å². The third-order valence-electron chi connectivity index (χ3n) is 13.7. The van der Waals surface area contributed by atoms with E-state index in [0.29, 0.717) is 40.0 Å². The lowest BCUT2D eigenvalue weighted by atomic mass is 9.45. The summed E-state index contributed by atoms with van der Waals surface area (Å²) in [6, 6.07) is 0.591. The first-order valence-corrected chi connectivity index (χ1v) is 15.5. The Hall–Kier alpha value is -0.690. The molecule has 0 aromatic carbocycles. The van der Waals surface area contributed by atoms with Gasteiger partial charge in [0.05, 0.1) is 23.9 Å². The van der Waals surface area contributed by atoms with Gasteiger partial charge in [0.2, 0.25) is 0 Å². The van der Waals surface area contributed by atoms with Gasteiger partial charge in [-0.1, -0.05) is 27.7 Å². The molecule has 5 saturated carbocycles. The molecule has 0 aromatic rings. The average Bonchev–Trinajstić information content (AvgIpc) is 3.41. The van der Waals surface area contributed by atoms with E-state index in [1.54, 1.807) is 13.8 Å². The second-order valence-electron chi connectivity index (χ2n) is 16.0. The van der Waals surface area contributed by atoms with Gasteiger partial charge in [0.1, 0.15) is 0 Å². The minimum absolute atomic E-state index is 0.0599. The van der Waals surface area contributed by atoms with Crippen LogP contribution in [-0.4, -0.2) is 59.3 Å². The summed E-state index contributed by atoms with van der Waals surface area (Å²) in [5.74, 6) is 1.79. The first kappa shape index (κ1) is 27.5. The van der Waals surface area contributed by atoms with Crippen molar-refractivity contribution in [1.29, 1.82) is 0 Å². The minimum atomic E-state index is -1.22. The number of carbonyl (C=O) groups excluding carboxylic acids is 1. The Balaban J connectivity index is 1.30. The van der Waals surface area contributed by atoms with E-state index in [4.69, 9.17) is 9.47 Å². The van der Waals surface area contributed by atoms with Gasteiger partial charge in [0.15, 0.2) is 6.10 Å². The quantitative estimate of drug-likeness (QED) is 0.456. The first-order chi connectivity index (χ1) is 17.6.